The Morgan fingerprint density at radius 3 is 1.50 bits per heavy atom. The Labute approximate surface area is 54.5 Å². The van der Waals surface area contributed by atoms with Crippen LogP contribution >= 0.6 is 0 Å². The van der Waals surface area contributed by atoms with Crippen molar-refractivity contribution in [1.82, 2.24) is 0 Å². The average molecular weight is 190 g/mol. The van der Waals surface area contributed by atoms with Gasteiger partial charge in [0.05, 0.1) is 0 Å². The van der Waals surface area contributed by atoms with Crippen LogP contribution in [0.1, 0.15) is 1.43 Å². The first-order valence-corrected chi connectivity index (χ1v) is 0.636. The fourth-order valence-electron chi connectivity index (χ4n) is 0. The maximum atomic E-state index is 8.06. The number of hydrogen-bond donors (Lipinski definition) is 0. The number of hydrogen-bond acceptors (Lipinski definition) is 1. The van der Waals surface area contributed by atoms with Crippen molar-refractivity contribution in [3.63, 3.8) is 0 Å². The van der Waals surface area contributed by atoms with Crippen molar-refractivity contribution in [1.29, 1.82) is 0 Å². The van der Waals surface area contributed by atoms with E-state index in [1.54, 1.807) is 15.9 Å². The minimum atomic E-state index is 0. The van der Waals surface area contributed by atoms with Crippen molar-refractivity contribution in [3.05, 3.63) is 0 Å². The van der Waals surface area contributed by atoms with Crippen molar-refractivity contribution in [2.45, 2.75) is 0 Å². The van der Waals surface area contributed by atoms with Crippen molar-refractivity contribution < 1.29 is 54.5 Å². The Kier molecular flexibility index (Phi) is 126. The third-order valence-electron chi connectivity index (χ3n) is 0. The molecular weight excluding hydrogens is 189 g/mol. The van der Waals surface area contributed by atoms with Gasteiger partial charge in [0.15, 0.2) is 0 Å². The molecule has 0 spiro atoms. The van der Waals surface area contributed by atoms with E-state index in [1.165, 1.54) is 0 Å². The van der Waals surface area contributed by atoms with Gasteiger partial charge >= 0.3 is 21.2 Å². The van der Waals surface area contributed by atoms with Crippen LogP contribution in [0.4, 0.5) is 0 Å². The summed E-state index contributed by atoms with van der Waals surface area (Å²) in [7, 11) is 0. The van der Waals surface area contributed by atoms with Gasteiger partial charge in [-0.2, -0.15) is 0 Å². The molecule has 0 heterocycles. The van der Waals surface area contributed by atoms with Crippen LogP contribution in [0, 0.1) is 0 Å². The zero-order valence-electron chi connectivity index (χ0n) is 2.44. The van der Waals surface area contributed by atoms with Crippen molar-refractivity contribution in [2.24, 2.45) is 0 Å². The molecule has 0 aromatic rings. The summed E-state index contributed by atoms with van der Waals surface area (Å²) in [5, 5.41) is 0. The van der Waals surface area contributed by atoms with Gasteiger partial charge < -0.3 is 0 Å². The van der Waals surface area contributed by atoms with Gasteiger partial charge in [0.1, 0.15) is 0 Å². The Hall–Kier alpha value is 1.32. The fraction of sp³-hybridized carbons (Fsp3) is 0. The number of rotatable bonds is 0. The van der Waals surface area contributed by atoms with Gasteiger partial charge in [0.2, 0.25) is 0 Å². The molecule has 1 radical (unpaired) electrons. The zero-order chi connectivity index (χ0) is 2.00. The molecule has 32 valence electrons. The van der Waals surface area contributed by atoms with E-state index in [1.807, 2.05) is 0 Å². The summed E-state index contributed by atoms with van der Waals surface area (Å²) >= 11 is 1.69. The summed E-state index contributed by atoms with van der Waals surface area (Å²) in [6.45, 7) is 0. The quantitative estimate of drug-likeness (QED) is 0.490. The van der Waals surface area contributed by atoms with Crippen molar-refractivity contribution in [2.75, 3.05) is 0 Å². The summed E-state index contributed by atoms with van der Waals surface area (Å²) in [6, 6.07) is 0. The molecule has 1 nitrogen and oxygen atoms in total. The van der Waals surface area contributed by atoms with E-state index in [0.29, 0.717) is 0 Å². The minimum absolute atomic E-state index is 0. The molecule has 0 N–H and O–H groups in total. The predicted octanol–water partition coefficient (Wildman–Crippen LogP) is -0.0138. The molecule has 0 fully saturated rings. The fourth-order valence-corrected chi connectivity index (χ4v) is 0. The molecule has 0 aliphatic carbocycles. The van der Waals surface area contributed by atoms with Crippen LogP contribution < -0.4 is 0 Å². The Balaban J connectivity index is -0.00000000167. The molecule has 0 bridgehead atoms. The third-order valence-corrected chi connectivity index (χ3v) is 0. The molecule has 0 saturated heterocycles. The monoisotopic (exact) mass is 189 g/mol. The van der Waals surface area contributed by atoms with Crippen LogP contribution in [-0.4, -0.2) is 0 Å². The average Bonchev–Trinajstić information content (AvgIpc) is 1.00. The maximum absolute atomic E-state index is 8.06. The van der Waals surface area contributed by atoms with Crippen LogP contribution in [0.2, 0.25) is 0 Å². The van der Waals surface area contributed by atoms with Gasteiger partial charge in [0.25, 0.3) is 0 Å². The second-order valence-corrected chi connectivity index (χ2v) is 0. The van der Waals surface area contributed by atoms with Gasteiger partial charge in [-0.25, -0.2) is 0 Å². The van der Waals surface area contributed by atoms with E-state index in [2.05, 4.69) is 0 Å². The van der Waals surface area contributed by atoms with E-state index in [4.69, 9.17) is 3.83 Å². The second-order valence-electron chi connectivity index (χ2n) is 0. The van der Waals surface area contributed by atoms with Crippen LogP contribution in [0.15, 0.2) is 0 Å². The van der Waals surface area contributed by atoms with Gasteiger partial charge in [-0.3, -0.25) is 0 Å². The van der Waals surface area contributed by atoms with Crippen LogP contribution in [0.3, 0.4) is 0 Å². The molecule has 0 rings (SSSR count). The SMILES string of the molecule is [Co].[H+].[Ni].[O]=[Mn]. The first kappa shape index (κ1) is 18.4. The second kappa shape index (κ2) is 27.3. The molecule has 0 unspecified atom stereocenters. The Morgan fingerprint density at radius 1 is 1.50 bits per heavy atom. The van der Waals surface area contributed by atoms with Gasteiger partial charge in [-0.1, -0.05) is 0 Å². The molecule has 4 heavy (non-hydrogen) atoms. The van der Waals surface area contributed by atoms with Crippen molar-refractivity contribution >= 4 is 0 Å². The van der Waals surface area contributed by atoms with Gasteiger partial charge in [0, 0.05) is 33.3 Å². The summed E-state index contributed by atoms with van der Waals surface area (Å²) in [5.41, 5.74) is 0. The predicted molar refractivity (Wildman–Crippen MR) is 1.80 cm³/mol. The molecule has 0 aromatic heterocycles. The van der Waals surface area contributed by atoms with Crippen LogP contribution in [-0.2, 0) is 53.0 Å². The topological polar surface area (TPSA) is 17.1 Å². The molecule has 0 amide bonds. The van der Waals surface area contributed by atoms with E-state index < -0.39 is 0 Å². The van der Waals surface area contributed by atoms with Crippen LogP contribution in [0.25, 0.3) is 0 Å². The van der Waals surface area contributed by atoms with Gasteiger partial charge in [-0.15, -0.1) is 0 Å². The molecule has 0 saturated carbocycles. The van der Waals surface area contributed by atoms with Gasteiger partial charge in [-0.05, 0) is 0 Å². The van der Waals surface area contributed by atoms with E-state index >= 15 is 0 Å². The summed E-state index contributed by atoms with van der Waals surface area (Å²) in [5.74, 6) is 0. The van der Waals surface area contributed by atoms with E-state index in [0.717, 1.165) is 0 Å². The molecule has 4 heteroatoms. The summed E-state index contributed by atoms with van der Waals surface area (Å²) in [4.78, 5) is 0. The first-order valence-electron chi connectivity index (χ1n) is 0.154. The normalized spacial score (nSPS) is 1.00. The molecule has 0 aliphatic heterocycles. The van der Waals surface area contributed by atoms with Crippen LogP contribution in [0.5, 0.6) is 0 Å². The Bertz CT molecular complexity index is 11.6. The third kappa shape index (κ3) is 10.3. The summed E-state index contributed by atoms with van der Waals surface area (Å²) in [6.07, 6.45) is 0. The molecular formula is HCoMnNiO+. The van der Waals surface area contributed by atoms with E-state index in [-0.39, 0.29) is 34.7 Å². The van der Waals surface area contributed by atoms with E-state index in [9.17, 15) is 0 Å². The first-order chi connectivity index (χ1) is 1.00. The standard InChI is InChI=1S/Co.Mn.Ni.O/p+1. The molecule has 0 atom stereocenters. The molecule has 0 aliphatic rings. The van der Waals surface area contributed by atoms with Crippen molar-refractivity contribution in [3.8, 4) is 0 Å². The zero-order valence-corrected chi connectivity index (χ0v) is 4.64. The Morgan fingerprint density at radius 2 is 1.50 bits per heavy atom. The summed E-state index contributed by atoms with van der Waals surface area (Å²) < 4.78 is 8.06. The molecule has 0 aromatic carbocycles.